The number of carboxylic acid groups (broad SMARTS) is 1. The van der Waals surface area contributed by atoms with Gasteiger partial charge in [0, 0.05) is 16.1 Å². The van der Waals surface area contributed by atoms with E-state index in [9.17, 15) is 13.6 Å². The van der Waals surface area contributed by atoms with Crippen LogP contribution < -0.4 is 4.74 Å². The van der Waals surface area contributed by atoms with Crippen molar-refractivity contribution in [3.63, 3.8) is 0 Å². The molecule has 0 saturated carbocycles. The minimum absolute atomic E-state index is 0.0317. The van der Waals surface area contributed by atoms with Gasteiger partial charge < -0.3 is 9.84 Å². The topological polar surface area (TPSA) is 46.5 Å². The SMILES string of the molecule is O=C(O)c1ccc(Br)cc1OCc1ccc(F)cc1F. The molecule has 104 valence electrons. The maximum absolute atomic E-state index is 13.4. The van der Waals surface area contributed by atoms with Crippen molar-refractivity contribution < 1.29 is 23.4 Å². The number of ether oxygens (including phenoxy) is 1. The van der Waals surface area contributed by atoms with Crippen LogP contribution in [0.25, 0.3) is 0 Å². The Labute approximate surface area is 121 Å². The second-order valence-electron chi connectivity index (χ2n) is 3.97. The first-order valence-electron chi connectivity index (χ1n) is 5.57. The van der Waals surface area contributed by atoms with Crippen molar-refractivity contribution >= 4 is 21.9 Å². The molecule has 20 heavy (non-hydrogen) atoms. The Hall–Kier alpha value is -1.95. The predicted octanol–water partition coefficient (Wildman–Crippen LogP) is 4.00. The summed E-state index contributed by atoms with van der Waals surface area (Å²) in [5.74, 6) is -2.46. The highest BCUT2D eigenvalue weighted by atomic mass is 79.9. The summed E-state index contributed by atoms with van der Waals surface area (Å²) in [6.45, 7) is -0.192. The van der Waals surface area contributed by atoms with Crippen LogP contribution in [0.2, 0.25) is 0 Å². The maximum Gasteiger partial charge on any atom is 0.339 e. The van der Waals surface area contributed by atoms with E-state index in [2.05, 4.69) is 15.9 Å². The summed E-state index contributed by atoms with van der Waals surface area (Å²) in [4.78, 5) is 11.0. The molecular formula is C14H9BrF2O3. The first-order chi connectivity index (χ1) is 9.47. The van der Waals surface area contributed by atoms with Gasteiger partial charge in [0.2, 0.25) is 0 Å². The molecule has 2 aromatic carbocycles. The molecule has 0 fully saturated rings. The predicted molar refractivity (Wildman–Crippen MR) is 71.8 cm³/mol. The Kier molecular flexibility index (Phi) is 4.34. The van der Waals surface area contributed by atoms with Crippen molar-refractivity contribution in [2.24, 2.45) is 0 Å². The molecule has 0 aliphatic heterocycles. The maximum atomic E-state index is 13.4. The highest BCUT2D eigenvalue weighted by Crippen LogP contribution is 2.25. The summed E-state index contributed by atoms with van der Waals surface area (Å²) in [5, 5.41) is 9.03. The fraction of sp³-hybridized carbons (Fsp3) is 0.0714. The second-order valence-corrected chi connectivity index (χ2v) is 4.89. The lowest BCUT2D eigenvalue weighted by molar-refractivity contribution is 0.0691. The summed E-state index contributed by atoms with van der Waals surface area (Å²) in [6.07, 6.45) is 0. The molecule has 1 N–H and O–H groups in total. The van der Waals surface area contributed by atoms with Gasteiger partial charge >= 0.3 is 5.97 Å². The first kappa shape index (κ1) is 14.5. The van der Waals surface area contributed by atoms with Crippen molar-refractivity contribution in [3.8, 4) is 5.75 Å². The Morgan fingerprint density at radius 1 is 1.20 bits per heavy atom. The van der Waals surface area contributed by atoms with Gasteiger partial charge in [-0.05, 0) is 30.3 Å². The molecule has 0 heterocycles. The zero-order chi connectivity index (χ0) is 14.7. The third-order valence-electron chi connectivity index (χ3n) is 2.57. The van der Waals surface area contributed by atoms with Gasteiger partial charge in [0.05, 0.1) is 0 Å². The van der Waals surface area contributed by atoms with Gasteiger partial charge in [0.1, 0.15) is 29.6 Å². The van der Waals surface area contributed by atoms with E-state index in [0.717, 1.165) is 12.1 Å². The van der Waals surface area contributed by atoms with Gasteiger partial charge in [-0.15, -0.1) is 0 Å². The largest absolute Gasteiger partial charge is 0.488 e. The Bertz CT molecular complexity index is 659. The van der Waals surface area contributed by atoms with Crippen molar-refractivity contribution in [2.75, 3.05) is 0 Å². The van der Waals surface area contributed by atoms with Gasteiger partial charge in [0.15, 0.2) is 0 Å². The van der Waals surface area contributed by atoms with Crippen LogP contribution in [0.3, 0.4) is 0 Å². The van der Waals surface area contributed by atoms with Gasteiger partial charge in [0.25, 0.3) is 0 Å². The van der Waals surface area contributed by atoms with Crippen molar-refractivity contribution in [3.05, 3.63) is 63.6 Å². The van der Waals surface area contributed by atoms with Crippen LogP contribution in [-0.2, 0) is 6.61 Å². The molecule has 0 radical (unpaired) electrons. The molecule has 2 aromatic rings. The number of hydrogen-bond donors (Lipinski definition) is 1. The molecule has 0 aromatic heterocycles. The highest BCUT2D eigenvalue weighted by molar-refractivity contribution is 9.10. The number of carboxylic acids is 1. The average molecular weight is 343 g/mol. The van der Waals surface area contributed by atoms with E-state index in [4.69, 9.17) is 9.84 Å². The van der Waals surface area contributed by atoms with E-state index < -0.39 is 17.6 Å². The van der Waals surface area contributed by atoms with Gasteiger partial charge in [-0.3, -0.25) is 0 Å². The van der Waals surface area contributed by atoms with Gasteiger partial charge in [-0.25, -0.2) is 13.6 Å². The fourth-order valence-electron chi connectivity index (χ4n) is 1.59. The molecule has 0 spiro atoms. The number of benzene rings is 2. The molecular weight excluding hydrogens is 334 g/mol. The summed E-state index contributed by atoms with van der Waals surface area (Å²) in [7, 11) is 0. The third kappa shape index (κ3) is 3.33. The monoisotopic (exact) mass is 342 g/mol. The summed E-state index contributed by atoms with van der Waals surface area (Å²) < 4.78 is 32.2. The molecule has 0 aliphatic carbocycles. The van der Waals surface area contributed by atoms with E-state index in [1.165, 1.54) is 18.2 Å². The normalized spacial score (nSPS) is 10.3. The lowest BCUT2D eigenvalue weighted by Crippen LogP contribution is -2.04. The minimum atomic E-state index is -1.15. The van der Waals surface area contributed by atoms with Crippen LogP contribution >= 0.6 is 15.9 Å². The smallest absolute Gasteiger partial charge is 0.339 e. The summed E-state index contributed by atoms with van der Waals surface area (Å²) in [6, 6.07) is 7.53. The molecule has 0 bridgehead atoms. The van der Waals surface area contributed by atoms with E-state index in [0.29, 0.717) is 4.47 Å². The number of hydrogen-bond acceptors (Lipinski definition) is 2. The van der Waals surface area contributed by atoms with Gasteiger partial charge in [-0.2, -0.15) is 0 Å². The zero-order valence-electron chi connectivity index (χ0n) is 10.1. The van der Waals surface area contributed by atoms with Crippen molar-refractivity contribution in [1.82, 2.24) is 0 Å². The van der Waals surface area contributed by atoms with Crippen molar-refractivity contribution in [1.29, 1.82) is 0 Å². The molecule has 0 atom stereocenters. The van der Waals surface area contributed by atoms with Crippen molar-refractivity contribution in [2.45, 2.75) is 6.61 Å². The zero-order valence-corrected chi connectivity index (χ0v) is 11.7. The molecule has 6 heteroatoms. The number of rotatable bonds is 4. The molecule has 2 rings (SSSR count). The van der Waals surface area contributed by atoms with E-state index in [1.807, 2.05) is 0 Å². The van der Waals surface area contributed by atoms with E-state index >= 15 is 0 Å². The first-order valence-corrected chi connectivity index (χ1v) is 6.36. The molecule has 3 nitrogen and oxygen atoms in total. The summed E-state index contributed by atoms with van der Waals surface area (Å²) in [5.41, 5.74) is 0.110. The quantitative estimate of drug-likeness (QED) is 0.913. The van der Waals surface area contributed by atoms with Crippen LogP contribution in [-0.4, -0.2) is 11.1 Å². The Morgan fingerprint density at radius 3 is 2.60 bits per heavy atom. The van der Waals surface area contributed by atoms with Gasteiger partial charge in [-0.1, -0.05) is 15.9 Å². The Balaban J connectivity index is 2.22. The fourth-order valence-corrected chi connectivity index (χ4v) is 1.93. The molecule has 0 amide bonds. The van der Waals surface area contributed by atoms with Crippen LogP contribution in [0.5, 0.6) is 5.75 Å². The Morgan fingerprint density at radius 2 is 1.95 bits per heavy atom. The molecule has 0 unspecified atom stereocenters. The second kappa shape index (κ2) is 6.00. The number of carbonyl (C=O) groups is 1. The number of aromatic carboxylic acids is 1. The minimum Gasteiger partial charge on any atom is -0.488 e. The lowest BCUT2D eigenvalue weighted by atomic mass is 10.2. The van der Waals surface area contributed by atoms with Crippen LogP contribution in [0.15, 0.2) is 40.9 Å². The van der Waals surface area contributed by atoms with Crippen LogP contribution in [0.1, 0.15) is 15.9 Å². The summed E-state index contributed by atoms with van der Waals surface area (Å²) >= 11 is 3.20. The molecule has 0 aliphatic rings. The third-order valence-corrected chi connectivity index (χ3v) is 3.07. The standard InChI is InChI=1S/C14H9BrF2O3/c15-9-2-4-11(14(18)19)13(5-9)20-7-8-1-3-10(16)6-12(8)17/h1-6H,7H2,(H,18,19). The number of halogens is 3. The van der Waals surface area contributed by atoms with Crippen LogP contribution in [0, 0.1) is 11.6 Å². The molecule has 0 saturated heterocycles. The highest BCUT2D eigenvalue weighted by Gasteiger charge is 2.13. The average Bonchev–Trinajstić information content (AvgIpc) is 2.37. The van der Waals surface area contributed by atoms with E-state index in [1.54, 1.807) is 6.07 Å². The lowest BCUT2D eigenvalue weighted by Gasteiger charge is -2.10. The van der Waals surface area contributed by atoms with Crippen LogP contribution in [0.4, 0.5) is 8.78 Å². The van der Waals surface area contributed by atoms with E-state index in [-0.39, 0.29) is 23.5 Å².